The van der Waals surface area contributed by atoms with Gasteiger partial charge in [-0.05, 0) is 68.1 Å². The van der Waals surface area contributed by atoms with Gasteiger partial charge < -0.3 is 5.32 Å². The lowest BCUT2D eigenvalue weighted by Gasteiger charge is -2.24. The Hall–Kier alpha value is -1.26. The average Bonchev–Trinajstić information content (AvgIpc) is 2.93. The normalized spacial score (nSPS) is 17.7. The van der Waals surface area contributed by atoms with E-state index < -0.39 is 0 Å². The van der Waals surface area contributed by atoms with Crippen LogP contribution in [0.5, 0.6) is 0 Å². The molecule has 1 aliphatic rings. The van der Waals surface area contributed by atoms with Gasteiger partial charge in [0, 0.05) is 22.8 Å². The summed E-state index contributed by atoms with van der Waals surface area (Å²) in [5, 5.41) is 7.85. The van der Waals surface area contributed by atoms with Crippen LogP contribution < -0.4 is 5.32 Å². The third kappa shape index (κ3) is 3.33. The fraction of sp³-hybridized carbons (Fsp3) is 0.529. The van der Waals surface area contributed by atoms with Gasteiger partial charge in [-0.15, -0.1) is 0 Å². The van der Waals surface area contributed by atoms with Crippen molar-refractivity contribution in [3.8, 4) is 11.4 Å². The van der Waals surface area contributed by atoms with Crippen molar-refractivity contribution in [1.82, 2.24) is 15.3 Å². The summed E-state index contributed by atoms with van der Waals surface area (Å²) in [5.41, 5.74) is 5.07. The molecule has 0 saturated carbocycles. The van der Waals surface area contributed by atoms with Crippen LogP contribution in [-0.4, -0.2) is 23.1 Å². The number of nitrogens with one attached hydrogen (secondary N) is 1. The van der Waals surface area contributed by atoms with Gasteiger partial charge in [-0.25, -0.2) is 9.97 Å². The summed E-state index contributed by atoms with van der Waals surface area (Å²) in [7, 11) is 0. The molecule has 0 aliphatic heterocycles. The Labute approximate surface area is 130 Å². The van der Waals surface area contributed by atoms with Crippen LogP contribution in [0.2, 0.25) is 0 Å². The molecule has 4 heteroatoms. The van der Waals surface area contributed by atoms with Gasteiger partial charge in [-0.2, -0.15) is 11.3 Å². The van der Waals surface area contributed by atoms with Crippen LogP contribution in [-0.2, 0) is 12.8 Å². The first-order valence-corrected chi connectivity index (χ1v) is 8.81. The van der Waals surface area contributed by atoms with E-state index in [2.05, 4.69) is 41.1 Å². The molecule has 1 aliphatic carbocycles. The van der Waals surface area contributed by atoms with Crippen molar-refractivity contribution in [2.24, 2.45) is 5.92 Å². The smallest absolute Gasteiger partial charge is 0.160 e. The summed E-state index contributed by atoms with van der Waals surface area (Å²) in [6, 6.07) is 0. The molecule has 0 amide bonds. The maximum Gasteiger partial charge on any atom is 0.160 e. The van der Waals surface area contributed by atoms with Gasteiger partial charge in [0.05, 0.1) is 0 Å². The molecule has 0 saturated heterocycles. The summed E-state index contributed by atoms with van der Waals surface area (Å²) in [6.07, 6.45) is 6.71. The lowest BCUT2D eigenvalue weighted by molar-refractivity contribution is 0.420. The topological polar surface area (TPSA) is 37.8 Å². The minimum Gasteiger partial charge on any atom is -0.316 e. The molecular formula is C17H23N3S. The second-order valence-electron chi connectivity index (χ2n) is 5.95. The molecule has 2 aromatic heterocycles. The molecule has 0 bridgehead atoms. The first-order valence-electron chi connectivity index (χ1n) is 7.86. The van der Waals surface area contributed by atoms with Crippen LogP contribution in [0.4, 0.5) is 0 Å². The van der Waals surface area contributed by atoms with Crippen molar-refractivity contribution in [3.05, 3.63) is 33.8 Å². The molecule has 3 nitrogen and oxygen atoms in total. The van der Waals surface area contributed by atoms with Gasteiger partial charge in [0.25, 0.3) is 0 Å². The number of nitrogens with zero attached hydrogens (tertiary/aromatic N) is 2. The predicted molar refractivity (Wildman–Crippen MR) is 88.8 cm³/mol. The molecular weight excluding hydrogens is 278 g/mol. The standard InChI is InChI=1S/C17H23N3S/c1-3-6-18-8-13-4-5-16-14(7-13)9-19-17(20-16)15-11-21-10-12(15)2/h9-11,13,18H,3-8H2,1-2H3. The van der Waals surface area contributed by atoms with Gasteiger partial charge in [0.1, 0.15) is 0 Å². The summed E-state index contributed by atoms with van der Waals surface area (Å²) < 4.78 is 0. The van der Waals surface area contributed by atoms with Crippen molar-refractivity contribution in [1.29, 1.82) is 0 Å². The van der Waals surface area contributed by atoms with E-state index in [1.54, 1.807) is 11.3 Å². The summed E-state index contributed by atoms with van der Waals surface area (Å²) in [6.45, 7) is 6.59. The van der Waals surface area contributed by atoms with E-state index in [4.69, 9.17) is 4.98 Å². The summed E-state index contributed by atoms with van der Waals surface area (Å²) >= 11 is 1.72. The maximum absolute atomic E-state index is 4.82. The molecule has 1 N–H and O–H groups in total. The SMILES string of the molecule is CCCNCC1CCc2nc(-c3cscc3C)ncc2C1. The second-order valence-corrected chi connectivity index (χ2v) is 6.69. The number of hydrogen-bond acceptors (Lipinski definition) is 4. The highest BCUT2D eigenvalue weighted by molar-refractivity contribution is 7.08. The molecule has 1 atom stereocenters. The van der Waals surface area contributed by atoms with Gasteiger partial charge >= 0.3 is 0 Å². The zero-order valence-electron chi connectivity index (χ0n) is 12.9. The first-order chi connectivity index (χ1) is 10.3. The zero-order valence-corrected chi connectivity index (χ0v) is 13.7. The quantitative estimate of drug-likeness (QED) is 0.857. The highest BCUT2D eigenvalue weighted by Crippen LogP contribution is 2.28. The molecule has 1 unspecified atom stereocenters. The van der Waals surface area contributed by atoms with E-state index in [-0.39, 0.29) is 0 Å². The molecule has 2 heterocycles. The molecule has 21 heavy (non-hydrogen) atoms. The second kappa shape index (κ2) is 6.67. The van der Waals surface area contributed by atoms with E-state index in [1.807, 2.05) is 0 Å². The van der Waals surface area contributed by atoms with Crippen molar-refractivity contribution in [2.45, 2.75) is 39.5 Å². The van der Waals surface area contributed by atoms with Gasteiger partial charge in [-0.3, -0.25) is 0 Å². The van der Waals surface area contributed by atoms with Crippen molar-refractivity contribution in [2.75, 3.05) is 13.1 Å². The van der Waals surface area contributed by atoms with Crippen molar-refractivity contribution < 1.29 is 0 Å². The Morgan fingerprint density at radius 3 is 3.05 bits per heavy atom. The Kier molecular flexibility index (Phi) is 4.66. The fourth-order valence-electron chi connectivity index (χ4n) is 2.96. The number of rotatable bonds is 5. The number of aryl methyl sites for hydroxylation is 2. The number of fused-ring (bicyclic) bond motifs is 1. The average molecular weight is 301 g/mol. The minimum atomic E-state index is 0.737. The van der Waals surface area contributed by atoms with E-state index >= 15 is 0 Å². The number of thiophene rings is 1. The maximum atomic E-state index is 4.82. The Balaban J connectivity index is 1.72. The number of hydrogen-bond donors (Lipinski definition) is 1. The van der Waals surface area contributed by atoms with E-state index in [0.29, 0.717) is 0 Å². The number of aromatic nitrogens is 2. The molecule has 112 valence electrons. The third-order valence-corrected chi connectivity index (χ3v) is 5.07. The lowest BCUT2D eigenvalue weighted by atomic mass is 9.87. The fourth-order valence-corrected chi connectivity index (χ4v) is 3.79. The van der Waals surface area contributed by atoms with Crippen molar-refractivity contribution >= 4 is 11.3 Å². The monoisotopic (exact) mass is 301 g/mol. The lowest BCUT2D eigenvalue weighted by Crippen LogP contribution is -2.28. The Morgan fingerprint density at radius 2 is 2.29 bits per heavy atom. The molecule has 3 rings (SSSR count). The molecule has 0 fully saturated rings. The first kappa shape index (κ1) is 14.7. The van der Waals surface area contributed by atoms with Gasteiger partial charge in [0.2, 0.25) is 0 Å². The van der Waals surface area contributed by atoms with Gasteiger partial charge in [-0.1, -0.05) is 6.92 Å². The highest BCUT2D eigenvalue weighted by Gasteiger charge is 2.20. The highest BCUT2D eigenvalue weighted by atomic mass is 32.1. The Morgan fingerprint density at radius 1 is 1.38 bits per heavy atom. The third-order valence-electron chi connectivity index (χ3n) is 4.21. The molecule has 0 aromatic carbocycles. The van der Waals surface area contributed by atoms with Crippen LogP contribution in [0.1, 0.15) is 36.6 Å². The summed E-state index contributed by atoms with van der Waals surface area (Å²) in [4.78, 5) is 9.42. The zero-order chi connectivity index (χ0) is 14.7. The van der Waals surface area contributed by atoms with Crippen LogP contribution in [0.15, 0.2) is 17.0 Å². The Bertz CT molecular complexity index is 606. The van der Waals surface area contributed by atoms with Crippen LogP contribution in [0.3, 0.4) is 0 Å². The molecule has 0 spiro atoms. The predicted octanol–water partition coefficient (Wildman–Crippen LogP) is 3.62. The summed E-state index contributed by atoms with van der Waals surface area (Å²) in [5.74, 6) is 1.64. The van der Waals surface area contributed by atoms with Crippen LogP contribution in [0.25, 0.3) is 11.4 Å². The minimum absolute atomic E-state index is 0.737. The molecule has 0 radical (unpaired) electrons. The van der Waals surface area contributed by atoms with Crippen LogP contribution >= 0.6 is 11.3 Å². The molecule has 2 aromatic rings. The van der Waals surface area contributed by atoms with Crippen LogP contribution in [0, 0.1) is 12.8 Å². The largest absolute Gasteiger partial charge is 0.316 e. The van der Waals surface area contributed by atoms with E-state index in [1.165, 1.54) is 35.2 Å². The van der Waals surface area contributed by atoms with E-state index in [9.17, 15) is 0 Å². The van der Waals surface area contributed by atoms with E-state index in [0.717, 1.165) is 37.7 Å². The van der Waals surface area contributed by atoms with Crippen molar-refractivity contribution in [3.63, 3.8) is 0 Å². The van der Waals surface area contributed by atoms with Gasteiger partial charge in [0.15, 0.2) is 5.82 Å².